The molecule has 1 aromatic rings. The zero-order valence-electron chi connectivity index (χ0n) is 11.3. The highest BCUT2D eigenvalue weighted by Crippen LogP contribution is 2.30. The summed E-state index contributed by atoms with van der Waals surface area (Å²) in [6.07, 6.45) is 2.41. The van der Waals surface area contributed by atoms with Gasteiger partial charge >= 0.3 is 0 Å². The molecule has 0 saturated heterocycles. The summed E-state index contributed by atoms with van der Waals surface area (Å²) >= 11 is 0. The second kappa shape index (κ2) is 7.04. The molecular weight excluding hydrogens is 226 g/mol. The minimum absolute atomic E-state index is 0.123. The minimum atomic E-state index is -0.123. The quantitative estimate of drug-likeness (QED) is 0.349. The molecule has 0 aliphatic rings. The number of benzene rings is 1. The molecule has 1 aromatic carbocycles. The Morgan fingerprint density at radius 2 is 1.83 bits per heavy atom. The van der Waals surface area contributed by atoms with E-state index >= 15 is 0 Å². The molecule has 0 fully saturated rings. The van der Waals surface area contributed by atoms with Gasteiger partial charge in [0.2, 0.25) is 0 Å². The molecule has 0 amide bonds. The number of aryl methyl sites for hydroxylation is 3. The van der Waals surface area contributed by atoms with E-state index in [4.69, 9.17) is 10.6 Å². The van der Waals surface area contributed by atoms with Crippen molar-refractivity contribution in [2.75, 3.05) is 6.61 Å². The molecule has 4 nitrogen and oxygen atoms in total. The van der Waals surface area contributed by atoms with E-state index in [0.29, 0.717) is 0 Å². The number of aliphatic hydroxyl groups excluding tert-OH is 1. The smallest absolute Gasteiger partial charge is 0.0630 e. The van der Waals surface area contributed by atoms with Crippen LogP contribution in [0.5, 0.6) is 0 Å². The third-order valence-electron chi connectivity index (χ3n) is 3.15. The van der Waals surface area contributed by atoms with Crippen LogP contribution in [0.4, 0.5) is 0 Å². The lowest BCUT2D eigenvalue weighted by Gasteiger charge is -2.18. The van der Waals surface area contributed by atoms with Crippen LogP contribution >= 0.6 is 0 Å². The normalized spacial score (nSPS) is 12.0. The molecular formula is C14H21N3O. The van der Waals surface area contributed by atoms with Crippen LogP contribution in [0, 0.1) is 20.8 Å². The van der Waals surface area contributed by atoms with Gasteiger partial charge in [-0.1, -0.05) is 29.2 Å². The van der Waals surface area contributed by atoms with Gasteiger partial charge in [0.25, 0.3) is 0 Å². The molecule has 0 heterocycles. The number of azide groups is 1. The van der Waals surface area contributed by atoms with Crippen LogP contribution in [0.3, 0.4) is 0 Å². The summed E-state index contributed by atoms with van der Waals surface area (Å²) in [6.45, 7) is 6.37. The van der Waals surface area contributed by atoms with Crippen molar-refractivity contribution in [1.82, 2.24) is 0 Å². The summed E-state index contributed by atoms with van der Waals surface area (Å²) in [7, 11) is 0. The summed E-state index contributed by atoms with van der Waals surface area (Å²) in [5.41, 5.74) is 13.4. The Morgan fingerprint density at radius 3 is 2.33 bits per heavy atom. The van der Waals surface area contributed by atoms with E-state index < -0.39 is 0 Å². The van der Waals surface area contributed by atoms with E-state index in [0.717, 1.165) is 24.8 Å². The lowest BCUT2D eigenvalue weighted by molar-refractivity contribution is 0.281. The monoisotopic (exact) mass is 247 g/mol. The van der Waals surface area contributed by atoms with Crippen molar-refractivity contribution in [2.45, 2.75) is 46.1 Å². The Balaban J connectivity index is 3.01. The number of aliphatic hydroxyl groups is 1. The summed E-state index contributed by atoms with van der Waals surface area (Å²) in [6, 6.07) is 4.12. The molecule has 0 saturated carbocycles. The first-order valence-electron chi connectivity index (χ1n) is 6.33. The van der Waals surface area contributed by atoms with Crippen LogP contribution in [0.2, 0.25) is 0 Å². The van der Waals surface area contributed by atoms with Crippen LogP contribution in [0.15, 0.2) is 17.2 Å². The van der Waals surface area contributed by atoms with Crippen LogP contribution in [0.1, 0.15) is 47.6 Å². The zero-order chi connectivity index (χ0) is 13.5. The highest BCUT2D eigenvalue weighted by Gasteiger charge is 2.14. The van der Waals surface area contributed by atoms with Crippen molar-refractivity contribution >= 4 is 0 Å². The van der Waals surface area contributed by atoms with Crippen molar-refractivity contribution in [3.63, 3.8) is 0 Å². The molecule has 0 aliphatic heterocycles. The van der Waals surface area contributed by atoms with Crippen LogP contribution in [0.25, 0.3) is 10.4 Å². The first-order chi connectivity index (χ1) is 8.60. The first kappa shape index (κ1) is 14.6. The van der Waals surface area contributed by atoms with E-state index in [-0.39, 0.29) is 12.6 Å². The van der Waals surface area contributed by atoms with Gasteiger partial charge in [0.05, 0.1) is 6.04 Å². The SMILES string of the molecule is Cc1cc(C)c(C(CCCCO)N=[N+]=[N-])c(C)c1. The van der Waals surface area contributed by atoms with E-state index in [2.05, 4.69) is 42.9 Å². The predicted octanol–water partition coefficient (Wildman–Crippen LogP) is 4.13. The molecule has 0 radical (unpaired) electrons. The topological polar surface area (TPSA) is 69.0 Å². The van der Waals surface area contributed by atoms with Gasteiger partial charge < -0.3 is 5.11 Å². The molecule has 0 aliphatic carbocycles. The highest BCUT2D eigenvalue weighted by molar-refractivity contribution is 5.39. The average molecular weight is 247 g/mol. The van der Waals surface area contributed by atoms with Crippen LogP contribution < -0.4 is 0 Å². The molecule has 1 unspecified atom stereocenters. The maximum atomic E-state index is 8.82. The molecule has 0 aromatic heterocycles. The second-order valence-electron chi connectivity index (χ2n) is 4.75. The Labute approximate surface area is 108 Å². The Kier molecular flexibility index (Phi) is 5.69. The summed E-state index contributed by atoms with van der Waals surface area (Å²) in [4.78, 5) is 2.96. The Morgan fingerprint density at radius 1 is 1.22 bits per heavy atom. The molecule has 0 bridgehead atoms. The van der Waals surface area contributed by atoms with Crippen LogP contribution in [-0.2, 0) is 0 Å². The first-order valence-corrected chi connectivity index (χ1v) is 6.33. The summed E-state index contributed by atoms with van der Waals surface area (Å²) in [5, 5.41) is 12.7. The number of hydrogen-bond acceptors (Lipinski definition) is 2. The van der Waals surface area contributed by atoms with E-state index in [1.54, 1.807) is 0 Å². The van der Waals surface area contributed by atoms with Gasteiger partial charge in [-0.25, -0.2) is 0 Å². The molecule has 4 heteroatoms. The molecule has 1 rings (SSSR count). The number of hydrogen-bond donors (Lipinski definition) is 1. The van der Waals surface area contributed by atoms with Gasteiger partial charge in [-0.3, -0.25) is 0 Å². The fraction of sp³-hybridized carbons (Fsp3) is 0.571. The van der Waals surface area contributed by atoms with Gasteiger partial charge in [-0.2, -0.15) is 0 Å². The zero-order valence-corrected chi connectivity index (χ0v) is 11.3. The van der Waals surface area contributed by atoms with Gasteiger partial charge in [0, 0.05) is 11.5 Å². The van der Waals surface area contributed by atoms with Crippen molar-refractivity contribution in [3.8, 4) is 0 Å². The maximum absolute atomic E-state index is 8.82. The molecule has 1 atom stereocenters. The largest absolute Gasteiger partial charge is 0.396 e. The van der Waals surface area contributed by atoms with Crippen molar-refractivity contribution in [3.05, 3.63) is 44.8 Å². The van der Waals surface area contributed by atoms with Gasteiger partial charge in [0.15, 0.2) is 0 Å². The fourth-order valence-corrected chi connectivity index (χ4v) is 2.49. The average Bonchev–Trinajstić information content (AvgIpc) is 2.28. The van der Waals surface area contributed by atoms with Crippen molar-refractivity contribution < 1.29 is 5.11 Å². The van der Waals surface area contributed by atoms with E-state index in [9.17, 15) is 0 Å². The van der Waals surface area contributed by atoms with Crippen LogP contribution in [-0.4, -0.2) is 11.7 Å². The third kappa shape index (κ3) is 3.76. The standard InChI is InChI=1S/C14H21N3O/c1-10-8-11(2)14(12(3)9-10)13(16-17-15)6-4-5-7-18/h8-9,13,18H,4-7H2,1-3H3. The number of nitrogens with zero attached hydrogens (tertiary/aromatic N) is 3. The fourth-order valence-electron chi connectivity index (χ4n) is 2.49. The van der Waals surface area contributed by atoms with Gasteiger partial charge in [-0.05, 0) is 55.8 Å². The summed E-state index contributed by atoms with van der Waals surface area (Å²) < 4.78 is 0. The Hall–Kier alpha value is -1.51. The third-order valence-corrected chi connectivity index (χ3v) is 3.15. The minimum Gasteiger partial charge on any atom is -0.396 e. The van der Waals surface area contributed by atoms with Crippen molar-refractivity contribution in [2.24, 2.45) is 5.11 Å². The Bertz CT molecular complexity index is 427. The molecule has 1 N–H and O–H groups in total. The van der Waals surface area contributed by atoms with Gasteiger partial charge in [-0.15, -0.1) is 0 Å². The highest BCUT2D eigenvalue weighted by atomic mass is 16.2. The predicted molar refractivity (Wildman–Crippen MR) is 73.5 cm³/mol. The summed E-state index contributed by atoms with van der Waals surface area (Å²) in [5.74, 6) is 0. The van der Waals surface area contributed by atoms with E-state index in [1.165, 1.54) is 16.7 Å². The lowest BCUT2D eigenvalue weighted by atomic mass is 9.92. The van der Waals surface area contributed by atoms with E-state index in [1.807, 2.05) is 0 Å². The molecule has 98 valence electrons. The lowest BCUT2D eigenvalue weighted by Crippen LogP contribution is -2.02. The van der Waals surface area contributed by atoms with Crippen molar-refractivity contribution in [1.29, 1.82) is 0 Å². The van der Waals surface area contributed by atoms with Gasteiger partial charge in [0.1, 0.15) is 0 Å². The molecule has 18 heavy (non-hydrogen) atoms. The maximum Gasteiger partial charge on any atom is 0.0630 e. The number of rotatable bonds is 6. The number of unbranched alkanes of at least 4 members (excludes halogenated alkanes) is 1. The molecule has 0 spiro atoms. The second-order valence-corrected chi connectivity index (χ2v) is 4.75.